The van der Waals surface area contributed by atoms with Gasteiger partial charge in [0.15, 0.2) is 5.78 Å². The summed E-state index contributed by atoms with van der Waals surface area (Å²) in [5.74, 6) is -0.219. The quantitative estimate of drug-likeness (QED) is 0.526. The van der Waals surface area contributed by atoms with Gasteiger partial charge in [0, 0.05) is 0 Å². The van der Waals surface area contributed by atoms with E-state index in [-0.39, 0.29) is 11.7 Å². The molecule has 0 aliphatic carbocycles. The van der Waals surface area contributed by atoms with Gasteiger partial charge in [0.25, 0.3) is 0 Å². The Bertz CT molecular complexity index is 263. The smallest absolute Gasteiger partial charge is 0.156 e. The largest absolute Gasteiger partial charge is 0.388 e. The van der Waals surface area contributed by atoms with Crippen LogP contribution in [0.25, 0.3) is 0 Å². The highest BCUT2D eigenvalue weighted by molar-refractivity contribution is 6.28. The number of hydrogen-bond acceptors (Lipinski definition) is 2. The molecule has 0 spiro atoms. The lowest BCUT2D eigenvalue weighted by atomic mass is 9.65. The molecule has 0 saturated heterocycles. The zero-order valence-corrected chi connectivity index (χ0v) is 10.9. The highest BCUT2D eigenvalue weighted by atomic mass is 35.5. The Labute approximate surface area is 103 Å². The Kier molecular flexibility index (Phi) is 5.98. The summed E-state index contributed by atoms with van der Waals surface area (Å²) in [6, 6.07) is 0. The lowest BCUT2D eigenvalue weighted by molar-refractivity contribution is -0.144. The highest BCUT2D eigenvalue weighted by Gasteiger charge is 2.48. The van der Waals surface area contributed by atoms with Crippen molar-refractivity contribution < 1.29 is 9.90 Å². The third-order valence-corrected chi connectivity index (χ3v) is 3.68. The van der Waals surface area contributed by atoms with Gasteiger partial charge in [0.1, 0.15) is 0 Å². The molecule has 92 valence electrons. The van der Waals surface area contributed by atoms with E-state index < -0.39 is 11.0 Å². The molecule has 2 nitrogen and oxygen atoms in total. The van der Waals surface area contributed by atoms with Crippen LogP contribution >= 0.6 is 11.6 Å². The van der Waals surface area contributed by atoms with Crippen LogP contribution in [-0.2, 0) is 4.79 Å². The number of Topliss-reactive ketones (excluding diaryl/α,β-unsaturated/α-hetero) is 1. The molecule has 0 aliphatic rings. The fourth-order valence-corrected chi connectivity index (χ4v) is 2.24. The first-order valence-electron chi connectivity index (χ1n) is 5.45. The molecule has 16 heavy (non-hydrogen) atoms. The summed E-state index contributed by atoms with van der Waals surface area (Å²) in [4.78, 5) is 11.9. The minimum Gasteiger partial charge on any atom is -0.388 e. The summed E-state index contributed by atoms with van der Waals surface area (Å²) >= 11 is 5.61. The van der Waals surface area contributed by atoms with Gasteiger partial charge in [0.2, 0.25) is 0 Å². The van der Waals surface area contributed by atoms with E-state index in [0.717, 1.165) is 0 Å². The van der Waals surface area contributed by atoms with E-state index in [9.17, 15) is 9.90 Å². The van der Waals surface area contributed by atoms with Gasteiger partial charge in [-0.25, -0.2) is 0 Å². The predicted octanol–water partition coefficient (Wildman–Crippen LogP) is 3.09. The topological polar surface area (TPSA) is 37.3 Å². The normalized spacial score (nSPS) is 15.2. The Morgan fingerprint density at radius 1 is 1.38 bits per heavy atom. The number of alkyl halides is 1. The minimum atomic E-state index is -1.14. The molecule has 0 amide bonds. The van der Waals surface area contributed by atoms with E-state index in [0.29, 0.717) is 19.3 Å². The van der Waals surface area contributed by atoms with Crippen LogP contribution in [0.5, 0.6) is 0 Å². The maximum atomic E-state index is 11.9. The monoisotopic (exact) mass is 244 g/mol. The zero-order valence-electron chi connectivity index (χ0n) is 10.1. The molecular formula is C13H21ClO2. The summed E-state index contributed by atoms with van der Waals surface area (Å²) in [7, 11) is 0. The lowest BCUT2D eigenvalue weighted by Gasteiger charge is -2.42. The second-order valence-electron chi connectivity index (χ2n) is 4.26. The average molecular weight is 245 g/mol. The van der Waals surface area contributed by atoms with Crippen LogP contribution < -0.4 is 0 Å². The Morgan fingerprint density at radius 3 is 2.06 bits per heavy atom. The third-order valence-electron chi connectivity index (χ3n) is 3.44. The molecule has 1 unspecified atom stereocenters. The number of rotatable bonds is 8. The third kappa shape index (κ3) is 2.74. The van der Waals surface area contributed by atoms with Crippen molar-refractivity contribution in [1.82, 2.24) is 0 Å². The number of carbonyl (C=O) groups excluding carboxylic acids is 1. The van der Waals surface area contributed by atoms with Gasteiger partial charge in [-0.15, -0.1) is 24.8 Å². The van der Waals surface area contributed by atoms with E-state index in [4.69, 9.17) is 11.6 Å². The Balaban J connectivity index is 5.33. The van der Waals surface area contributed by atoms with Crippen LogP contribution in [0.3, 0.4) is 0 Å². The minimum absolute atomic E-state index is 0.0824. The molecule has 0 bridgehead atoms. The van der Waals surface area contributed by atoms with Crippen LogP contribution in [0, 0.1) is 5.41 Å². The van der Waals surface area contributed by atoms with Crippen molar-refractivity contribution in [2.24, 2.45) is 5.41 Å². The van der Waals surface area contributed by atoms with Crippen molar-refractivity contribution in [3.05, 3.63) is 25.3 Å². The molecule has 3 heteroatoms. The Morgan fingerprint density at radius 2 is 1.81 bits per heavy atom. The van der Waals surface area contributed by atoms with Crippen molar-refractivity contribution >= 4 is 17.4 Å². The fraction of sp³-hybridized carbons (Fsp3) is 0.615. The zero-order chi connectivity index (χ0) is 12.8. The molecule has 0 fully saturated rings. The van der Waals surface area contributed by atoms with Crippen LogP contribution in [0.1, 0.15) is 33.1 Å². The van der Waals surface area contributed by atoms with Gasteiger partial charge < -0.3 is 5.11 Å². The lowest BCUT2D eigenvalue weighted by Crippen LogP contribution is -2.51. The van der Waals surface area contributed by atoms with E-state index in [2.05, 4.69) is 13.2 Å². The van der Waals surface area contributed by atoms with Gasteiger partial charge in [-0.05, 0) is 26.2 Å². The van der Waals surface area contributed by atoms with Crippen LogP contribution in [-0.4, -0.2) is 22.4 Å². The molecule has 1 atom stereocenters. The Hall–Kier alpha value is -0.600. The number of halogens is 1. The van der Waals surface area contributed by atoms with Gasteiger partial charge in [-0.2, -0.15) is 0 Å². The molecule has 1 N–H and O–H groups in total. The standard InChI is InChI=1S/C13H21ClO2/c1-5-8-13(16,9-6-2)12(4,7-3)11(15)10-14/h5-6,16H,1-2,7-10H2,3-4H3. The SMILES string of the molecule is C=CCC(O)(CC=C)C(C)(CC)C(=O)CCl. The molecule has 0 heterocycles. The number of ketones is 1. The van der Waals surface area contributed by atoms with Crippen molar-refractivity contribution in [3.8, 4) is 0 Å². The summed E-state index contributed by atoms with van der Waals surface area (Å²) in [6.45, 7) is 10.9. The summed E-state index contributed by atoms with van der Waals surface area (Å²) in [6.07, 6.45) is 4.49. The maximum absolute atomic E-state index is 11.9. The van der Waals surface area contributed by atoms with Gasteiger partial charge in [0.05, 0.1) is 16.9 Å². The molecule has 0 aromatic heterocycles. The molecule has 0 aromatic carbocycles. The predicted molar refractivity (Wildman–Crippen MR) is 68.7 cm³/mol. The summed E-state index contributed by atoms with van der Waals surface area (Å²) in [5.41, 5.74) is -1.99. The van der Waals surface area contributed by atoms with Crippen molar-refractivity contribution in [3.63, 3.8) is 0 Å². The van der Waals surface area contributed by atoms with E-state index in [1.165, 1.54) is 0 Å². The van der Waals surface area contributed by atoms with Crippen molar-refractivity contribution in [2.75, 3.05) is 5.88 Å². The highest BCUT2D eigenvalue weighted by Crippen LogP contribution is 2.41. The van der Waals surface area contributed by atoms with E-state index in [1.54, 1.807) is 19.1 Å². The average Bonchev–Trinajstić information content (AvgIpc) is 2.27. The van der Waals surface area contributed by atoms with Gasteiger partial charge in [-0.3, -0.25) is 4.79 Å². The molecule has 0 saturated carbocycles. The fourth-order valence-electron chi connectivity index (χ4n) is 1.94. The number of hydrogen-bond donors (Lipinski definition) is 1. The second-order valence-corrected chi connectivity index (χ2v) is 4.53. The van der Waals surface area contributed by atoms with Crippen molar-refractivity contribution in [2.45, 2.75) is 38.7 Å². The molecule has 0 aliphatic heterocycles. The first-order chi connectivity index (χ1) is 7.41. The van der Waals surface area contributed by atoms with E-state index in [1.807, 2.05) is 6.92 Å². The first-order valence-corrected chi connectivity index (χ1v) is 5.98. The van der Waals surface area contributed by atoms with Gasteiger partial charge >= 0.3 is 0 Å². The molecule has 0 rings (SSSR count). The summed E-state index contributed by atoms with van der Waals surface area (Å²) < 4.78 is 0. The molecule has 0 aromatic rings. The van der Waals surface area contributed by atoms with Gasteiger partial charge in [-0.1, -0.05) is 19.1 Å². The van der Waals surface area contributed by atoms with Crippen LogP contribution in [0.15, 0.2) is 25.3 Å². The van der Waals surface area contributed by atoms with E-state index >= 15 is 0 Å². The summed E-state index contributed by atoms with van der Waals surface area (Å²) in [5, 5.41) is 10.6. The van der Waals surface area contributed by atoms with Crippen LogP contribution in [0.2, 0.25) is 0 Å². The van der Waals surface area contributed by atoms with Crippen LogP contribution in [0.4, 0.5) is 0 Å². The molecular weight excluding hydrogens is 224 g/mol. The molecule has 0 radical (unpaired) electrons. The first kappa shape index (κ1) is 15.4. The second kappa shape index (κ2) is 6.21. The van der Waals surface area contributed by atoms with Crippen molar-refractivity contribution in [1.29, 1.82) is 0 Å². The number of aliphatic hydroxyl groups is 1. The number of carbonyl (C=O) groups is 1. The maximum Gasteiger partial charge on any atom is 0.156 e.